The molecule has 0 aromatic carbocycles. The minimum Gasteiger partial charge on any atom is -0.337 e. The van der Waals surface area contributed by atoms with E-state index >= 15 is 0 Å². The van der Waals surface area contributed by atoms with Gasteiger partial charge in [-0.25, -0.2) is 0 Å². The summed E-state index contributed by atoms with van der Waals surface area (Å²) in [6, 6.07) is 1.07. The quantitative estimate of drug-likeness (QED) is 0.770. The van der Waals surface area contributed by atoms with Gasteiger partial charge in [0.05, 0.1) is 0 Å². The second-order valence-electron chi connectivity index (χ2n) is 5.86. The summed E-state index contributed by atoms with van der Waals surface area (Å²) in [4.78, 5) is 14.7. The molecule has 2 aliphatic carbocycles. The molecule has 2 aliphatic rings. The standard InChI is InChI=1S/C15H27NOS/c17-15(11-12-18)16(13-7-3-1-4-8-13)14-9-5-2-6-10-14/h13-14,18H,1-12H2. The van der Waals surface area contributed by atoms with Gasteiger partial charge in [-0.15, -0.1) is 0 Å². The molecule has 0 aliphatic heterocycles. The summed E-state index contributed by atoms with van der Waals surface area (Å²) in [6.45, 7) is 0. The average molecular weight is 269 g/mol. The molecular formula is C15H27NOS. The first kappa shape index (κ1) is 14.2. The number of nitrogens with zero attached hydrogens (tertiary/aromatic N) is 1. The van der Waals surface area contributed by atoms with Gasteiger partial charge < -0.3 is 4.90 Å². The van der Waals surface area contributed by atoms with Crippen LogP contribution in [0.1, 0.15) is 70.6 Å². The second kappa shape index (κ2) is 7.42. The highest BCUT2D eigenvalue weighted by Crippen LogP contribution is 2.30. The predicted octanol–water partition coefficient (Wildman–Crippen LogP) is 3.80. The van der Waals surface area contributed by atoms with E-state index in [9.17, 15) is 4.79 Å². The zero-order valence-corrected chi connectivity index (χ0v) is 12.3. The van der Waals surface area contributed by atoms with Crippen LogP contribution in [0.2, 0.25) is 0 Å². The number of hydrogen-bond donors (Lipinski definition) is 1. The number of thiol groups is 1. The van der Waals surface area contributed by atoms with Crippen molar-refractivity contribution in [1.82, 2.24) is 4.90 Å². The zero-order valence-electron chi connectivity index (χ0n) is 11.4. The highest BCUT2D eigenvalue weighted by atomic mass is 32.1. The lowest BCUT2D eigenvalue weighted by molar-refractivity contribution is -0.137. The number of carbonyl (C=O) groups is 1. The third-order valence-corrected chi connectivity index (χ3v) is 4.77. The first-order valence-corrected chi connectivity index (χ1v) is 8.38. The van der Waals surface area contributed by atoms with E-state index in [-0.39, 0.29) is 0 Å². The Morgan fingerprint density at radius 2 is 1.33 bits per heavy atom. The summed E-state index contributed by atoms with van der Waals surface area (Å²) in [5.41, 5.74) is 0. The monoisotopic (exact) mass is 269 g/mol. The highest BCUT2D eigenvalue weighted by Gasteiger charge is 2.31. The van der Waals surface area contributed by atoms with E-state index in [1.807, 2.05) is 0 Å². The molecule has 2 nitrogen and oxygen atoms in total. The molecule has 0 aromatic heterocycles. The molecule has 2 saturated carbocycles. The fourth-order valence-corrected chi connectivity index (χ4v) is 3.84. The molecule has 3 heteroatoms. The van der Waals surface area contributed by atoms with Crippen LogP contribution < -0.4 is 0 Å². The van der Waals surface area contributed by atoms with Gasteiger partial charge in [-0.1, -0.05) is 38.5 Å². The number of hydrogen-bond acceptors (Lipinski definition) is 2. The molecule has 0 N–H and O–H groups in total. The SMILES string of the molecule is O=C(CCS)N(C1CCCCC1)C1CCCCC1. The predicted molar refractivity (Wildman–Crippen MR) is 79.1 cm³/mol. The lowest BCUT2D eigenvalue weighted by Gasteiger charge is -2.42. The Hall–Kier alpha value is -0.180. The van der Waals surface area contributed by atoms with Gasteiger partial charge in [0.2, 0.25) is 5.91 Å². The van der Waals surface area contributed by atoms with Crippen molar-refractivity contribution < 1.29 is 4.79 Å². The van der Waals surface area contributed by atoms with Crippen molar-refractivity contribution in [3.8, 4) is 0 Å². The summed E-state index contributed by atoms with van der Waals surface area (Å²) in [7, 11) is 0. The largest absolute Gasteiger partial charge is 0.337 e. The van der Waals surface area contributed by atoms with E-state index < -0.39 is 0 Å². The van der Waals surface area contributed by atoms with Crippen LogP contribution in [-0.2, 0) is 4.79 Å². The van der Waals surface area contributed by atoms with Crippen LogP contribution >= 0.6 is 12.6 Å². The second-order valence-corrected chi connectivity index (χ2v) is 6.31. The van der Waals surface area contributed by atoms with E-state index in [1.165, 1.54) is 64.2 Å². The van der Waals surface area contributed by atoms with Crippen LogP contribution in [0.3, 0.4) is 0 Å². The van der Waals surface area contributed by atoms with E-state index in [2.05, 4.69) is 17.5 Å². The molecule has 18 heavy (non-hydrogen) atoms. The molecule has 0 heterocycles. The summed E-state index contributed by atoms with van der Waals surface area (Å²) >= 11 is 4.23. The normalized spacial score (nSPS) is 22.9. The van der Waals surface area contributed by atoms with Crippen molar-refractivity contribution in [2.24, 2.45) is 0 Å². The van der Waals surface area contributed by atoms with Crippen molar-refractivity contribution in [2.45, 2.75) is 82.7 Å². The first-order chi connectivity index (χ1) is 8.83. The Kier molecular flexibility index (Phi) is 5.87. The first-order valence-electron chi connectivity index (χ1n) is 7.75. The smallest absolute Gasteiger partial charge is 0.223 e. The minimum atomic E-state index is 0.365. The Morgan fingerprint density at radius 3 is 1.72 bits per heavy atom. The zero-order chi connectivity index (χ0) is 12.8. The summed E-state index contributed by atoms with van der Waals surface area (Å²) in [5, 5.41) is 0. The third-order valence-electron chi connectivity index (χ3n) is 4.55. The molecule has 0 bridgehead atoms. The van der Waals surface area contributed by atoms with Gasteiger partial charge in [0.25, 0.3) is 0 Å². The molecule has 2 fully saturated rings. The molecule has 1 amide bonds. The van der Waals surface area contributed by atoms with Gasteiger partial charge in [0.15, 0.2) is 0 Å². The van der Waals surface area contributed by atoms with Crippen LogP contribution in [0.25, 0.3) is 0 Å². The topological polar surface area (TPSA) is 20.3 Å². The Morgan fingerprint density at radius 1 is 0.889 bits per heavy atom. The Labute approximate surface area is 117 Å². The van der Waals surface area contributed by atoms with Crippen molar-refractivity contribution in [3.63, 3.8) is 0 Å². The van der Waals surface area contributed by atoms with E-state index in [4.69, 9.17) is 0 Å². The van der Waals surface area contributed by atoms with Crippen LogP contribution in [0.15, 0.2) is 0 Å². The van der Waals surface area contributed by atoms with Crippen molar-refractivity contribution >= 4 is 18.5 Å². The average Bonchev–Trinajstić information content (AvgIpc) is 2.42. The number of carbonyl (C=O) groups excluding carboxylic acids is 1. The van der Waals surface area contributed by atoms with Crippen LogP contribution in [0, 0.1) is 0 Å². The molecule has 0 saturated heterocycles. The molecule has 0 spiro atoms. The lowest BCUT2D eigenvalue weighted by atomic mass is 9.88. The van der Waals surface area contributed by atoms with Crippen LogP contribution in [0.5, 0.6) is 0 Å². The van der Waals surface area contributed by atoms with Gasteiger partial charge in [0.1, 0.15) is 0 Å². The maximum Gasteiger partial charge on any atom is 0.223 e. The summed E-state index contributed by atoms with van der Waals surface area (Å²) < 4.78 is 0. The maximum atomic E-state index is 12.4. The number of amides is 1. The van der Waals surface area contributed by atoms with Gasteiger partial charge in [-0.3, -0.25) is 4.79 Å². The van der Waals surface area contributed by atoms with E-state index in [1.54, 1.807) is 0 Å². The summed E-state index contributed by atoms with van der Waals surface area (Å²) in [5.74, 6) is 1.05. The molecule has 0 unspecified atom stereocenters. The third kappa shape index (κ3) is 3.66. The highest BCUT2D eigenvalue weighted by molar-refractivity contribution is 7.80. The van der Waals surface area contributed by atoms with Gasteiger partial charge in [-0.2, -0.15) is 12.6 Å². The Bertz CT molecular complexity index is 239. The molecular weight excluding hydrogens is 242 g/mol. The van der Waals surface area contributed by atoms with Gasteiger partial charge in [-0.05, 0) is 31.4 Å². The van der Waals surface area contributed by atoms with Crippen molar-refractivity contribution in [3.05, 3.63) is 0 Å². The maximum absolute atomic E-state index is 12.4. The molecule has 0 radical (unpaired) electrons. The van der Waals surface area contributed by atoms with E-state index in [0.717, 1.165) is 0 Å². The van der Waals surface area contributed by atoms with Crippen LogP contribution in [0.4, 0.5) is 0 Å². The lowest BCUT2D eigenvalue weighted by Crippen LogP contribution is -2.48. The summed E-state index contributed by atoms with van der Waals surface area (Å²) in [6.07, 6.45) is 13.5. The molecule has 104 valence electrons. The molecule has 0 atom stereocenters. The van der Waals surface area contributed by atoms with Gasteiger partial charge >= 0.3 is 0 Å². The fraction of sp³-hybridized carbons (Fsp3) is 0.933. The van der Waals surface area contributed by atoms with E-state index in [0.29, 0.717) is 30.2 Å². The Balaban J connectivity index is 2.02. The number of rotatable bonds is 4. The fourth-order valence-electron chi connectivity index (χ4n) is 3.65. The molecule has 2 rings (SSSR count). The van der Waals surface area contributed by atoms with Gasteiger partial charge in [0, 0.05) is 18.5 Å². The van der Waals surface area contributed by atoms with Crippen molar-refractivity contribution in [1.29, 1.82) is 0 Å². The minimum absolute atomic E-state index is 0.365. The van der Waals surface area contributed by atoms with Crippen molar-refractivity contribution in [2.75, 3.05) is 5.75 Å². The van der Waals surface area contributed by atoms with Crippen LogP contribution in [-0.4, -0.2) is 28.6 Å². The molecule has 0 aromatic rings.